The van der Waals surface area contributed by atoms with E-state index in [2.05, 4.69) is 26.0 Å². The van der Waals surface area contributed by atoms with Crippen LogP contribution in [0.15, 0.2) is 47.2 Å². The summed E-state index contributed by atoms with van der Waals surface area (Å²) in [5.41, 5.74) is 1.46. The van der Waals surface area contributed by atoms with Gasteiger partial charge in [0.25, 0.3) is 0 Å². The average Bonchev–Trinajstić information content (AvgIpc) is 2.55. The van der Waals surface area contributed by atoms with Crippen LogP contribution in [-0.2, 0) is 0 Å². The Hall–Kier alpha value is -1.49. The predicted octanol–water partition coefficient (Wildman–Crippen LogP) is 5.27. The number of halogens is 3. The Balaban J connectivity index is 2.11. The monoisotopic (exact) mass is 340 g/mol. The van der Waals surface area contributed by atoms with Crippen molar-refractivity contribution in [2.45, 2.75) is 58.7 Å². The summed E-state index contributed by atoms with van der Waals surface area (Å²) in [4.78, 5) is 0. The third kappa shape index (κ3) is 4.32. The number of alkyl halides is 3. The van der Waals surface area contributed by atoms with Crippen LogP contribution in [0.1, 0.15) is 46.5 Å². The van der Waals surface area contributed by atoms with Crippen molar-refractivity contribution in [1.82, 2.24) is 5.01 Å². The highest BCUT2D eigenvalue weighted by molar-refractivity contribution is 5.32. The number of nitrogens with two attached hydrogens (primary N) is 1. The summed E-state index contributed by atoms with van der Waals surface area (Å²) in [7, 11) is 0. The van der Waals surface area contributed by atoms with E-state index in [1.54, 1.807) is 11.1 Å². The van der Waals surface area contributed by atoms with Crippen LogP contribution in [0.25, 0.3) is 0 Å². The van der Waals surface area contributed by atoms with E-state index >= 15 is 0 Å². The number of allylic oxidation sites excluding steroid dienone is 6. The molecule has 5 heteroatoms. The lowest BCUT2D eigenvalue weighted by atomic mass is 9.88. The highest BCUT2D eigenvalue weighted by Gasteiger charge is 2.34. The van der Waals surface area contributed by atoms with Crippen molar-refractivity contribution in [1.29, 1.82) is 0 Å². The maximum absolute atomic E-state index is 12.8. The number of rotatable bonds is 5. The van der Waals surface area contributed by atoms with Crippen LogP contribution in [0.2, 0.25) is 0 Å². The summed E-state index contributed by atoms with van der Waals surface area (Å²) in [5.74, 6) is 7.41. The van der Waals surface area contributed by atoms with Gasteiger partial charge in [-0.3, -0.25) is 0 Å². The van der Waals surface area contributed by atoms with E-state index in [4.69, 9.17) is 5.84 Å². The smallest absolute Gasteiger partial charge is 0.304 e. The molecule has 0 aromatic carbocycles. The lowest BCUT2D eigenvalue weighted by Crippen LogP contribution is -2.41. The second-order valence-corrected chi connectivity index (χ2v) is 6.89. The van der Waals surface area contributed by atoms with Crippen LogP contribution in [-0.4, -0.2) is 17.2 Å². The molecule has 0 aromatic heterocycles. The Morgan fingerprint density at radius 1 is 1.25 bits per heavy atom. The van der Waals surface area contributed by atoms with E-state index in [1.165, 1.54) is 6.08 Å². The van der Waals surface area contributed by atoms with Gasteiger partial charge in [-0.2, -0.15) is 13.2 Å². The molecule has 0 spiro atoms. The zero-order valence-electron chi connectivity index (χ0n) is 14.6. The second-order valence-electron chi connectivity index (χ2n) is 6.89. The summed E-state index contributed by atoms with van der Waals surface area (Å²) in [5, 5.41) is 1.71. The molecule has 2 nitrogen and oxygen atoms in total. The van der Waals surface area contributed by atoms with Crippen molar-refractivity contribution in [2.75, 3.05) is 0 Å². The van der Waals surface area contributed by atoms with Gasteiger partial charge < -0.3 is 5.01 Å². The summed E-state index contributed by atoms with van der Waals surface area (Å²) in [6, 6.07) is -0.0671. The minimum absolute atomic E-state index is 0.0317. The molecule has 0 radical (unpaired) electrons. The van der Waals surface area contributed by atoms with Crippen LogP contribution in [0, 0.1) is 11.8 Å². The van der Waals surface area contributed by atoms with E-state index in [0.29, 0.717) is 18.3 Å². The maximum Gasteiger partial charge on any atom is 0.412 e. The number of hydrazine groups is 1. The average molecular weight is 340 g/mol. The zero-order chi connectivity index (χ0) is 17.9. The van der Waals surface area contributed by atoms with Crippen molar-refractivity contribution in [3.05, 3.63) is 47.2 Å². The molecule has 134 valence electrons. The highest BCUT2D eigenvalue weighted by atomic mass is 19.4. The number of hydrogen-bond donors (Lipinski definition) is 1. The normalized spacial score (nSPS) is 22.8. The number of nitrogens with zero attached hydrogens (tertiary/aromatic N) is 1. The molecule has 0 aliphatic heterocycles. The Kier molecular flexibility index (Phi) is 5.97. The van der Waals surface area contributed by atoms with Crippen molar-refractivity contribution in [3.63, 3.8) is 0 Å². The lowest BCUT2D eigenvalue weighted by molar-refractivity contribution is -0.0941. The van der Waals surface area contributed by atoms with E-state index in [0.717, 1.165) is 24.1 Å². The van der Waals surface area contributed by atoms with Gasteiger partial charge in [0.15, 0.2) is 0 Å². The summed E-state index contributed by atoms with van der Waals surface area (Å²) in [6.07, 6.45) is 7.08. The molecule has 0 saturated carbocycles. The Labute approximate surface area is 142 Å². The quantitative estimate of drug-likeness (QED) is 0.546. The van der Waals surface area contributed by atoms with Crippen molar-refractivity contribution < 1.29 is 13.2 Å². The van der Waals surface area contributed by atoms with E-state index in [-0.39, 0.29) is 12.5 Å². The van der Waals surface area contributed by atoms with E-state index in [1.807, 2.05) is 13.0 Å². The fourth-order valence-electron chi connectivity index (χ4n) is 3.30. The molecule has 2 rings (SSSR count). The summed E-state index contributed by atoms with van der Waals surface area (Å²) >= 11 is 0. The van der Waals surface area contributed by atoms with Gasteiger partial charge in [-0.05, 0) is 49.2 Å². The fraction of sp³-hybridized carbons (Fsp3) is 0.579. The molecule has 0 aromatic rings. The van der Waals surface area contributed by atoms with Gasteiger partial charge in [0.05, 0.1) is 6.04 Å². The zero-order valence-corrected chi connectivity index (χ0v) is 14.6. The SMILES string of the molecule is CCC(C1=CC=C(C(F)(F)F)CC1)N(N)C1=CCC(C(C)C)C=C1. The molecule has 2 unspecified atom stereocenters. The van der Waals surface area contributed by atoms with Crippen LogP contribution in [0.5, 0.6) is 0 Å². The van der Waals surface area contributed by atoms with Crippen LogP contribution in [0.4, 0.5) is 13.2 Å². The van der Waals surface area contributed by atoms with E-state index < -0.39 is 11.7 Å². The van der Waals surface area contributed by atoms with Crippen molar-refractivity contribution in [2.24, 2.45) is 17.7 Å². The van der Waals surface area contributed by atoms with Gasteiger partial charge in [-0.25, -0.2) is 5.84 Å². The van der Waals surface area contributed by atoms with Crippen LogP contribution < -0.4 is 5.84 Å². The van der Waals surface area contributed by atoms with Gasteiger partial charge in [-0.1, -0.05) is 45.1 Å². The Morgan fingerprint density at radius 2 is 1.96 bits per heavy atom. The first-order valence-corrected chi connectivity index (χ1v) is 8.63. The topological polar surface area (TPSA) is 29.3 Å². The summed E-state index contributed by atoms with van der Waals surface area (Å²) < 4.78 is 38.3. The molecular weight excluding hydrogens is 313 g/mol. The summed E-state index contributed by atoms with van der Waals surface area (Å²) in [6.45, 7) is 6.40. The Morgan fingerprint density at radius 3 is 2.38 bits per heavy atom. The van der Waals surface area contributed by atoms with Gasteiger partial charge in [0.2, 0.25) is 0 Å². The maximum atomic E-state index is 12.8. The molecule has 0 amide bonds. The molecule has 0 heterocycles. The molecule has 2 aliphatic carbocycles. The molecule has 2 atom stereocenters. The third-order valence-corrected chi connectivity index (χ3v) is 4.96. The minimum Gasteiger partial charge on any atom is -0.304 e. The lowest BCUT2D eigenvalue weighted by Gasteiger charge is -2.34. The van der Waals surface area contributed by atoms with E-state index in [9.17, 15) is 13.2 Å². The van der Waals surface area contributed by atoms with Crippen molar-refractivity contribution >= 4 is 0 Å². The van der Waals surface area contributed by atoms with Gasteiger partial charge in [0, 0.05) is 11.3 Å². The minimum atomic E-state index is -4.23. The molecule has 24 heavy (non-hydrogen) atoms. The molecule has 2 N–H and O–H groups in total. The van der Waals surface area contributed by atoms with Gasteiger partial charge in [0.1, 0.15) is 0 Å². The van der Waals surface area contributed by atoms with Crippen molar-refractivity contribution in [3.8, 4) is 0 Å². The first-order valence-electron chi connectivity index (χ1n) is 8.63. The second kappa shape index (κ2) is 7.60. The number of hydrogen-bond acceptors (Lipinski definition) is 2. The largest absolute Gasteiger partial charge is 0.412 e. The molecule has 2 aliphatic rings. The third-order valence-electron chi connectivity index (χ3n) is 4.96. The Bertz CT molecular complexity index is 568. The first kappa shape index (κ1) is 18.8. The van der Waals surface area contributed by atoms with Gasteiger partial charge >= 0.3 is 6.18 Å². The van der Waals surface area contributed by atoms with Crippen LogP contribution >= 0.6 is 0 Å². The fourth-order valence-corrected chi connectivity index (χ4v) is 3.30. The first-order chi connectivity index (χ1) is 11.2. The predicted molar refractivity (Wildman–Crippen MR) is 91.7 cm³/mol. The molecule has 0 saturated heterocycles. The van der Waals surface area contributed by atoms with Crippen LogP contribution in [0.3, 0.4) is 0 Å². The molecule has 0 bridgehead atoms. The standard InChI is InChI=1S/C19H27F3N2/c1-4-18(15-5-9-16(10-6-15)19(20,21)22)24(23)17-11-7-14(8-12-17)13(2)3/h5,7,9,11-14,18H,4,6,8,10,23H2,1-3H3. The molecule has 0 fully saturated rings. The van der Waals surface area contributed by atoms with Gasteiger partial charge in [-0.15, -0.1) is 0 Å². The molecular formula is C19H27F3N2. The highest BCUT2D eigenvalue weighted by Crippen LogP contribution is 2.35.